The summed E-state index contributed by atoms with van der Waals surface area (Å²) >= 11 is 0. The first kappa shape index (κ1) is 23.1. The van der Waals surface area contributed by atoms with E-state index in [9.17, 15) is 9.90 Å². The quantitative estimate of drug-likeness (QED) is 0.590. The molecular weight excluding hydrogens is 362 g/mol. The van der Waals surface area contributed by atoms with E-state index in [2.05, 4.69) is 19.1 Å². The lowest BCUT2D eigenvalue weighted by Gasteiger charge is -2.32. The van der Waals surface area contributed by atoms with Gasteiger partial charge in [-0.25, -0.2) is 0 Å². The number of hydrogen-bond donors (Lipinski definition) is 1. The summed E-state index contributed by atoms with van der Waals surface area (Å²) in [6.45, 7) is 7.25. The molecule has 158 valence electrons. The third kappa shape index (κ3) is 6.98. The number of nitrogens with zero attached hydrogens (tertiary/aromatic N) is 1. The number of rotatable bonds is 11. The molecule has 0 saturated carbocycles. The lowest BCUT2D eigenvalue weighted by atomic mass is 9.92. The summed E-state index contributed by atoms with van der Waals surface area (Å²) in [4.78, 5) is 14.6. The zero-order valence-electron chi connectivity index (χ0n) is 18.1. The van der Waals surface area contributed by atoms with E-state index in [1.807, 2.05) is 62.4 Å². The molecule has 0 heterocycles. The molecule has 0 fully saturated rings. The van der Waals surface area contributed by atoms with Crippen molar-refractivity contribution in [3.63, 3.8) is 0 Å². The summed E-state index contributed by atoms with van der Waals surface area (Å²) in [5, 5.41) is 10.6. The molecule has 2 aromatic rings. The highest BCUT2D eigenvalue weighted by atomic mass is 16.5. The SMILES string of the molecule is CC[C@H](COCc1ccccc1)C[C@@H](C)C(=O)N(C)[C@@H](C)[C@@H](O)c1ccccc1. The Morgan fingerprint density at radius 2 is 1.62 bits per heavy atom. The summed E-state index contributed by atoms with van der Waals surface area (Å²) < 4.78 is 5.89. The average Bonchev–Trinajstić information content (AvgIpc) is 2.77. The van der Waals surface area contributed by atoms with E-state index < -0.39 is 6.10 Å². The van der Waals surface area contributed by atoms with Crippen molar-refractivity contribution in [2.75, 3.05) is 13.7 Å². The smallest absolute Gasteiger partial charge is 0.225 e. The number of aliphatic hydroxyl groups is 1. The largest absolute Gasteiger partial charge is 0.386 e. The number of carbonyl (C=O) groups excluding carboxylic acids is 1. The van der Waals surface area contributed by atoms with Crippen LogP contribution in [0, 0.1) is 11.8 Å². The van der Waals surface area contributed by atoms with Gasteiger partial charge >= 0.3 is 0 Å². The van der Waals surface area contributed by atoms with Crippen LogP contribution in [0.15, 0.2) is 60.7 Å². The Balaban J connectivity index is 1.85. The van der Waals surface area contributed by atoms with Gasteiger partial charge in [0.15, 0.2) is 0 Å². The molecule has 0 radical (unpaired) electrons. The van der Waals surface area contributed by atoms with Gasteiger partial charge in [-0.2, -0.15) is 0 Å². The maximum absolute atomic E-state index is 12.9. The maximum Gasteiger partial charge on any atom is 0.225 e. The van der Waals surface area contributed by atoms with Crippen LogP contribution >= 0.6 is 0 Å². The molecule has 0 bridgehead atoms. The van der Waals surface area contributed by atoms with Gasteiger partial charge in [0.2, 0.25) is 5.91 Å². The van der Waals surface area contributed by atoms with E-state index in [0.717, 1.165) is 24.0 Å². The molecule has 1 amide bonds. The minimum atomic E-state index is -0.700. The van der Waals surface area contributed by atoms with Gasteiger partial charge in [0.25, 0.3) is 0 Å². The monoisotopic (exact) mass is 397 g/mol. The Hall–Kier alpha value is -2.17. The molecule has 2 rings (SSSR count). The molecule has 0 unspecified atom stereocenters. The second-order valence-corrected chi connectivity index (χ2v) is 7.96. The molecule has 4 heteroatoms. The minimum Gasteiger partial charge on any atom is -0.386 e. The molecule has 0 aliphatic carbocycles. The first-order chi connectivity index (χ1) is 13.9. The van der Waals surface area contributed by atoms with Crippen LogP contribution in [0.3, 0.4) is 0 Å². The standard InChI is InChI=1S/C25H35NO3/c1-5-21(17-29-18-22-12-8-6-9-13-22)16-19(2)25(28)26(4)20(3)24(27)23-14-10-7-11-15-23/h6-15,19-21,24,27H,5,16-18H2,1-4H3/t19-,20+,21+,24-/m1/s1. The number of carbonyl (C=O) groups is 1. The average molecular weight is 398 g/mol. The van der Waals surface area contributed by atoms with Gasteiger partial charge in [0.1, 0.15) is 0 Å². The topological polar surface area (TPSA) is 49.8 Å². The predicted octanol–water partition coefficient (Wildman–Crippen LogP) is 4.84. The highest BCUT2D eigenvalue weighted by Crippen LogP contribution is 2.24. The second kappa shape index (κ2) is 11.7. The number of amides is 1. The van der Waals surface area contributed by atoms with Crippen molar-refractivity contribution in [2.24, 2.45) is 11.8 Å². The van der Waals surface area contributed by atoms with E-state index >= 15 is 0 Å². The second-order valence-electron chi connectivity index (χ2n) is 7.96. The Bertz CT molecular complexity index is 719. The summed E-state index contributed by atoms with van der Waals surface area (Å²) in [7, 11) is 1.78. The number of hydrogen-bond acceptors (Lipinski definition) is 3. The maximum atomic E-state index is 12.9. The lowest BCUT2D eigenvalue weighted by molar-refractivity contribution is -0.138. The van der Waals surface area contributed by atoms with Gasteiger partial charge < -0.3 is 14.7 Å². The van der Waals surface area contributed by atoms with Crippen LogP contribution in [0.2, 0.25) is 0 Å². The Labute approximate surface area is 175 Å². The van der Waals surface area contributed by atoms with Crippen LogP contribution in [0.4, 0.5) is 0 Å². The van der Waals surface area contributed by atoms with Crippen LogP contribution in [0.25, 0.3) is 0 Å². The van der Waals surface area contributed by atoms with Crippen molar-refractivity contribution < 1.29 is 14.6 Å². The van der Waals surface area contributed by atoms with E-state index in [1.54, 1.807) is 11.9 Å². The number of aliphatic hydroxyl groups excluding tert-OH is 1. The highest BCUT2D eigenvalue weighted by molar-refractivity contribution is 5.78. The van der Waals surface area contributed by atoms with Crippen molar-refractivity contribution in [1.29, 1.82) is 0 Å². The molecular formula is C25H35NO3. The van der Waals surface area contributed by atoms with E-state index in [-0.39, 0.29) is 17.9 Å². The molecule has 29 heavy (non-hydrogen) atoms. The molecule has 0 aromatic heterocycles. The van der Waals surface area contributed by atoms with Crippen LogP contribution < -0.4 is 0 Å². The van der Waals surface area contributed by atoms with Gasteiger partial charge in [0.05, 0.1) is 18.8 Å². The summed E-state index contributed by atoms with van der Waals surface area (Å²) in [6, 6.07) is 19.3. The zero-order valence-corrected chi connectivity index (χ0v) is 18.1. The number of likely N-dealkylation sites (N-methyl/N-ethyl adjacent to an activating group) is 1. The number of ether oxygens (including phenoxy) is 1. The van der Waals surface area contributed by atoms with Gasteiger partial charge in [-0.15, -0.1) is 0 Å². The van der Waals surface area contributed by atoms with Crippen LogP contribution in [-0.4, -0.2) is 35.6 Å². The normalized spacial score (nSPS) is 15.3. The summed E-state index contributed by atoms with van der Waals surface area (Å²) in [5.74, 6) is 0.283. The van der Waals surface area contributed by atoms with Gasteiger partial charge in [-0.1, -0.05) is 80.9 Å². The van der Waals surface area contributed by atoms with Crippen LogP contribution in [0.5, 0.6) is 0 Å². The van der Waals surface area contributed by atoms with Crippen LogP contribution in [-0.2, 0) is 16.1 Å². The molecule has 2 aromatic carbocycles. The molecule has 1 N–H and O–H groups in total. The molecule has 0 aliphatic rings. The Morgan fingerprint density at radius 3 is 2.21 bits per heavy atom. The highest BCUT2D eigenvalue weighted by Gasteiger charge is 2.28. The van der Waals surface area contributed by atoms with Gasteiger partial charge in [-0.3, -0.25) is 4.79 Å². The van der Waals surface area contributed by atoms with E-state index in [4.69, 9.17) is 4.74 Å². The Morgan fingerprint density at radius 1 is 1.03 bits per heavy atom. The predicted molar refractivity (Wildman–Crippen MR) is 117 cm³/mol. The fourth-order valence-corrected chi connectivity index (χ4v) is 3.56. The first-order valence-corrected chi connectivity index (χ1v) is 10.5. The molecule has 4 atom stereocenters. The van der Waals surface area contributed by atoms with Crippen molar-refractivity contribution in [3.05, 3.63) is 71.8 Å². The Kier molecular flexibility index (Phi) is 9.36. The van der Waals surface area contributed by atoms with Gasteiger partial charge in [0, 0.05) is 19.6 Å². The van der Waals surface area contributed by atoms with Gasteiger partial charge in [-0.05, 0) is 30.4 Å². The van der Waals surface area contributed by atoms with Crippen molar-refractivity contribution in [1.82, 2.24) is 4.90 Å². The minimum absolute atomic E-state index is 0.0639. The van der Waals surface area contributed by atoms with Crippen molar-refractivity contribution >= 4 is 5.91 Å². The number of benzene rings is 2. The zero-order chi connectivity index (χ0) is 21.2. The molecule has 0 saturated heterocycles. The third-order valence-electron chi connectivity index (χ3n) is 5.71. The van der Waals surface area contributed by atoms with Crippen molar-refractivity contribution in [2.45, 2.75) is 52.4 Å². The molecule has 0 aliphatic heterocycles. The summed E-state index contributed by atoms with van der Waals surface area (Å²) in [6.07, 6.45) is 1.05. The fourth-order valence-electron chi connectivity index (χ4n) is 3.56. The molecule has 4 nitrogen and oxygen atoms in total. The molecule has 0 spiro atoms. The fraction of sp³-hybridized carbons (Fsp3) is 0.480. The van der Waals surface area contributed by atoms with E-state index in [0.29, 0.717) is 19.1 Å². The summed E-state index contributed by atoms with van der Waals surface area (Å²) in [5.41, 5.74) is 1.99. The lowest BCUT2D eigenvalue weighted by Crippen LogP contribution is -2.42. The van der Waals surface area contributed by atoms with E-state index in [1.165, 1.54) is 0 Å². The third-order valence-corrected chi connectivity index (χ3v) is 5.71. The van der Waals surface area contributed by atoms with Crippen LogP contribution in [0.1, 0.15) is 50.8 Å². The van der Waals surface area contributed by atoms with Crippen molar-refractivity contribution in [3.8, 4) is 0 Å². The first-order valence-electron chi connectivity index (χ1n) is 10.5.